The largest absolute Gasteiger partial charge is 0.495 e. The van der Waals surface area contributed by atoms with E-state index in [0.29, 0.717) is 18.0 Å². The van der Waals surface area contributed by atoms with Crippen LogP contribution < -0.4 is 20.7 Å². The van der Waals surface area contributed by atoms with Gasteiger partial charge in [0.25, 0.3) is 5.91 Å². The molecule has 1 aromatic carbocycles. The minimum absolute atomic E-state index is 0.0330. The van der Waals surface area contributed by atoms with Crippen LogP contribution in [0.15, 0.2) is 18.2 Å². The van der Waals surface area contributed by atoms with Crippen LogP contribution in [-0.4, -0.2) is 77.4 Å². The van der Waals surface area contributed by atoms with Crippen molar-refractivity contribution in [2.75, 3.05) is 56.7 Å². The first-order chi connectivity index (χ1) is 15.1. The summed E-state index contributed by atoms with van der Waals surface area (Å²) in [5.74, 6) is -0.0622. The van der Waals surface area contributed by atoms with Gasteiger partial charge in [0, 0.05) is 44.5 Å². The van der Waals surface area contributed by atoms with Crippen molar-refractivity contribution in [3.63, 3.8) is 0 Å². The van der Waals surface area contributed by atoms with E-state index in [0.717, 1.165) is 31.9 Å². The van der Waals surface area contributed by atoms with Gasteiger partial charge in [0.2, 0.25) is 0 Å². The Morgan fingerprint density at radius 2 is 1.97 bits per heavy atom. The van der Waals surface area contributed by atoms with Gasteiger partial charge in [-0.1, -0.05) is 11.6 Å². The van der Waals surface area contributed by atoms with Crippen LogP contribution in [0.25, 0.3) is 0 Å². The number of β-amino-alcohol motifs (C(OH)–C–C–N with tert-alkyl or cyclic N) is 1. The molecule has 3 rings (SSSR count). The van der Waals surface area contributed by atoms with Crippen LogP contribution in [0.5, 0.6) is 5.75 Å². The van der Waals surface area contributed by atoms with Crippen LogP contribution in [-0.2, 0) is 5.60 Å². The van der Waals surface area contributed by atoms with E-state index in [1.54, 1.807) is 13.2 Å². The van der Waals surface area contributed by atoms with Gasteiger partial charge in [-0.05, 0) is 26.0 Å². The molecule has 2 aromatic rings. The van der Waals surface area contributed by atoms with Crippen LogP contribution >= 0.6 is 11.6 Å². The van der Waals surface area contributed by atoms with Gasteiger partial charge in [0.15, 0.2) is 16.7 Å². The van der Waals surface area contributed by atoms with Gasteiger partial charge in [-0.15, -0.1) is 0 Å². The lowest BCUT2D eigenvalue weighted by Gasteiger charge is -2.36. The number of nitrogens with two attached hydrogens (primary N) is 1. The summed E-state index contributed by atoms with van der Waals surface area (Å²) in [6.45, 7) is 7.15. The van der Waals surface area contributed by atoms with Gasteiger partial charge in [0.1, 0.15) is 17.0 Å². The van der Waals surface area contributed by atoms with Crippen molar-refractivity contribution in [3.8, 4) is 5.75 Å². The molecule has 174 valence electrons. The number of hydrogen-bond donors (Lipinski definition) is 4. The second-order valence-electron chi connectivity index (χ2n) is 8.05. The van der Waals surface area contributed by atoms with Gasteiger partial charge in [-0.2, -0.15) is 0 Å². The second kappa shape index (κ2) is 9.86. The number of methoxy groups -OCH3 is 1. The van der Waals surface area contributed by atoms with E-state index in [-0.39, 0.29) is 29.0 Å². The van der Waals surface area contributed by atoms with E-state index in [1.807, 2.05) is 12.1 Å². The fraction of sp³-hybridized carbons (Fsp3) is 0.476. The number of amides is 1. The van der Waals surface area contributed by atoms with E-state index < -0.39 is 11.5 Å². The lowest BCUT2D eigenvalue weighted by atomic mass is 10.1. The van der Waals surface area contributed by atoms with Gasteiger partial charge < -0.3 is 30.9 Å². The Morgan fingerprint density at radius 3 is 2.53 bits per heavy atom. The number of aromatic nitrogens is 2. The summed E-state index contributed by atoms with van der Waals surface area (Å²) in [5.41, 5.74) is 5.57. The molecule has 1 amide bonds. The average molecular weight is 465 g/mol. The smallest absolute Gasteiger partial charge is 0.271 e. The van der Waals surface area contributed by atoms with Crippen molar-refractivity contribution in [2.45, 2.75) is 19.4 Å². The molecule has 1 aliphatic heterocycles. The number of rotatable bonds is 8. The first kappa shape index (κ1) is 24.0. The number of aliphatic hydroxyl groups is 2. The highest BCUT2D eigenvalue weighted by molar-refractivity contribution is 6.30. The number of anilines is 3. The molecule has 1 fully saturated rings. The molecule has 0 atom stereocenters. The first-order valence-electron chi connectivity index (χ1n) is 10.3. The molecular weight excluding hydrogens is 436 g/mol. The predicted molar refractivity (Wildman–Crippen MR) is 123 cm³/mol. The standard InChI is InChI=1S/C21H29ClN6O4/c1-21(2,31)17-18(22)26-20(16(25-17)19(23)30)24-13-4-5-14(15(12-13)32-3)28-8-6-27(7-9-28)10-11-29/h4-5,12,29,31H,6-11H2,1-3H3,(H2,23,30)(H,24,26). The number of ether oxygens (including phenoxy) is 1. The third-order valence-corrected chi connectivity index (χ3v) is 5.50. The summed E-state index contributed by atoms with van der Waals surface area (Å²) in [7, 11) is 1.59. The zero-order valence-electron chi connectivity index (χ0n) is 18.4. The normalized spacial score (nSPS) is 15.0. The molecular formula is C21H29ClN6O4. The number of hydrogen-bond acceptors (Lipinski definition) is 9. The molecule has 0 spiro atoms. The molecule has 32 heavy (non-hydrogen) atoms. The highest BCUT2D eigenvalue weighted by Gasteiger charge is 2.27. The number of nitrogens with zero attached hydrogens (tertiary/aromatic N) is 4. The third-order valence-electron chi connectivity index (χ3n) is 5.24. The van der Waals surface area contributed by atoms with Crippen LogP contribution in [0.4, 0.5) is 17.2 Å². The van der Waals surface area contributed by atoms with Crippen LogP contribution in [0, 0.1) is 0 Å². The molecule has 5 N–H and O–H groups in total. The zero-order valence-corrected chi connectivity index (χ0v) is 19.2. The van der Waals surface area contributed by atoms with Crippen molar-refractivity contribution in [3.05, 3.63) is 34.7 Å². The number of halogens is 1. The van der Waals surface area contributed by atoms with Crippen LogP contribution in [0.3, 0.4) is 0 Å². The molecule has 0 aliphatic carbocycles. The van der Waals surface area contributed by atoms with E-state index in [4.69, 9.17) is 27.2 Å². The van der Waals surface area contributed by atoms with Crippen molar-refractivity contribution in [2.24, 2.45) is 5.73 Å². The first-order valence-corrected chi connectivity index (χ1v) is 10.6. The minimum Gasteiger partial charge on any atom is -0.495 e. The number of carbonyl (C=O) groups is 1. The van der Waals surface area contributed by atoms with E-state index >= 15 is 0 Å². The summed E-state index contributed by atoms with van der Waals surface area (Å²) in [6, 6.07) is 5.55. The Morgan fingerprint density at radius 1 is 1.28 bits per heavy atom. The monoisotopic (exact) mass is 464 g/mol. The molecule has 0 bridgehead atoms. The molecule has 0 saturated carbocycles. The van der Waals surface area contributed by atoms with Crippen LogP contribution in [0.2, 0.25) is 5.15 Å². The maximum absolute atomic E-state index is 12.0. The molecule has 0 radical (unpaired) electrons. The Balaban J connectivity index is 1.86. The Labute approximate surface area is 192 Å². The Bertz CT molecular complexity index is 973. The van der Waals surface area contributed by atoms with Gasteiger partial charge >= 0.3 is 0 Å². The number of aliphatic hydroxyl groups excluding tert-OH is 1. The van der Waals surface area contributed by atoms with E-state index in [2.05, 4.69) is 25.1 Å². The molecule has 0 unspecified atom stereocenters. The lowest BCUT2D eigenvalue weighted by Crippen LogP contribution is -2.47. The maximum atomic E-state index is 12.0. The molecule has 1 aromatic heterocycles. The predicted octanol–water partition coefficient (Wildman–Crippen LogP) is 1.32. The minimum atomic E-state index is -1.39. The van der Waals surface area contributed by atoms with Gasteiger partial charge in [-0.25, -0.2) is 9.97 Å². The van der Waals surface area contributed by atoms with Gasteiger partial charge in [0.05, 0.1) is 19.4 Å². The molecule has 10 nitrogen and oxygen atoms in total. The van der Waals surface area contributed by atoms with Gasteiger partial charge in [-0.3, -0.25) is 9.69 Å². The number of piperazine rings is 1. The number of nitrogens with one attached hydrogen (secondary N) is 1. The summed E-state index contributed by atoms with van der Waals surface area (Å²) < 4.78 is 5.59. The Kier molecular flexibility index (Phi) is 7.40. The van der Waals surface area contributed by atoms with E-state index in [9.17, 15) is 9.90 Å². The summed E-state index contributed by atoms with van der Waals surface area (Å²) >= 11 is 6.20. The quantitative estimate of drug-likeness (QED) is 0.455. The van der Waals surface area contributed by atoms with Crippen molar-refractivity contribution in [1.82, 2.24) is 14.9 Å². The molecule has 2 heterocycles. The number of primary amides is 1. The highest BCUT2D eigenvalue weighted by Crippen LogP contribution is 2.34. The molecule has 1 aliphatic rings. The van der Waals surface area contributed by atoms with Crippen LogP contribution in [0.1, 0.15) is 30.0 Å². The summed E-state index contributed by atoms with van der Waals surface area (Å²) in [4.78, 5) is 24.8. The summed E-state index contributed by atoms with van der Waals surface area (Å²) in [5, 5.41) is 22.3. The number of carbonyl (C=O) groups excluding carboxylic acids is 1. The fourth-order valence-electron chi connectivity index (χ4n) is 3.57. The van der Waals surface area contributed by atoms with E-state index in [1.165, 1.54) is 13.8 Å². The molecule has 11 heteroatoms. The Hall–Kier alpha value is -2.66. The van der Waals surface area contributed by atoms with Crippen molar-refractivity contribution in [1.29, 1.82) is 0 Å². The zero-order chi connectivity index (χ0) is 23.5. The highest BCUT2D eigenvalue weighted by atomic mass is 35.5. The fourth-order valence-corrected chi connectivity index (χ4v) is 3.93. The SMILES string of the molecule is COc1cc(Nc2nc(Cl)c(C(C)(C)O)nc2C(N)=O)ccc1N1CCN(CCO)CC1. The summed E-state index contributed by atoms with van der Waals surface area (Å²) in [6.07, 6.45) is 0. The maximum Gasteiger partial charge on any atom is 0.271 e. The lowest BCUT2D eigenvalue weighted by molar-refractivity contribution is 0.0732. The van der Waals surface area contributed by atoms with Crippen molar-refractivity contribution >= 4 is 34.7 Å². The third kappa shape index (κ3) is 5.39. The molecule has 1 saturated heterocycles. The second-order valence-corrected chi connectivity index (χ2v) is 8.41. The average Bonchev–Trinajstić information content (AvgIpc) is 2.73. The van der Waals surface area contributed by atoms with Crippen molar-refractivity contribution < 1.29 is 19.7 Å². The topological polar surface area (TPSA) is 137 Å². The number of benzene rings is 1.